The number of nitriles is 1. The molecule has 0 aliphatic rings. The van der Waals surface area contributed by atoms with Crippen LogP contribution < -0.4 is 20.1 Å². The van der Waals surface area contributed by atoms with Crippen LogP contribution >= 0.6 is 23.2 Å². The number of pyridine rings is 2. The van der Waals surface area contributed by atoms with E-state index >= 15 is 0 Å². The van der Waals surface area contributed by atoms with E-state index in [2.05, 4.69) is 26.7 Å². The summed E-state index contributed by atoms with van der Waals surface area (Å²) in [5, 5.41) is 17.6. The minimum Gasteiger partial charge on any atom is -0.492 e. The standard InChI is InChI=1S/C30H30Cl2N6O3/c1-4-40-28-15-24-21(14-25(28)37-29(39)8-6-12-38(2)3)30(19(16-33)17-35-24)36-20-9-10-27(23(32)13-20)41-18-26-22(31)7-5-11-34-26/h5,7,9-11,13-15,17H,4,6,8,12,18H2,1-3H3,(H,35,36)(H,37,39). The maximum atomic E-state index is 12.7. The molecule has 0 saturated heterocycles. The van der Waals surface area contributed by atoms with Crippen LogP contribution in [0.4, 0.5) is 17.1 Å². The Morgan fingerprint density at radius 3 is 2.61 bits per heavy atom. The van der Waals surface area contributed by atoms with Gasteiger partial charge in [0, 0.05) is 36.0 Å². The lowest BCUT2D eigenvalue weighted by atomic mass is 10.1. The molecule has 2 aromatic carbocycles. The average molecular weight is 594 g/mol. The zero-order valence-corrected chi connectivity index (χ0v) is 24.5. The number of carbonyl (C=O) groups excluding carboxylic acids is 1. The number of fused-ring (bicyclic) bond motifs is 1. The Morgan fingerprint density at radius 1 is 1.07 bits per heavy atom. The molecule has 1 amide bonds. The molecule has 0 aliphatic heterocycles. The first-order valence-electron chi connectivity index (χ1n) is 13.0. The zero-order valence-electron chi connectivity index (χ0n) is 23.0. The number of hydrogen-bond acceptors (Lipinski definition) is 8. The molecule has 2 aromatic heterocycles. The molecule has 0 bridgehead atoms. The van der Waals surface area contributed by atoms with Gasteiger partial charge in [-0.25, -0.2) is 0 Å². The molecule has 0 saturated carbocycles. The molecule has 0 atom stereocenters. The van der Waals surface area contributed by atoms with Gasteiger partial charge in [-0.1, -0.05) is 23.2 Å². The van der Waals surface area contributed by atoms with Crippen molar-refractivity contribution < 1.29 is 14.3 Å². The Hall–Kier alpha value is -4.10. The van der Waals surface area contributed by atoms with Crippen LogP contribution in [0.5, 0.6) is 11.5 Å². The lowest BCUT2D eigenvalue weighted by Gasteiger charge is -2.17. The van der Waals surface area contributed by atoms with E-state index in [4.69, 9.17) is 32.7 Å². The topological polar surface area (TPSA) is 112 Å². The van der Waals surface area contributed by atoms with Gasteiger partial charge in [0.1, 0.15) is 24.2 Å². The van der Waals surface area contributed by atoms with Gasteiger partial charge in [-0.05, 0) is 70.4 Å². The number of carbonyl (C=O) groups is 1. The van der Waals surface area contributed by atoms with Crippen molar-refractivity contribution in [2.45, 2.75) is 26.4 Å². The van der Waals surface area contributed by atoms with Crippen LogP contribution in [-0.2, 0) is 11.4 Å². The van der Waals surface area contributed by atoms with Crippen molar-refractivity contribution in [3.63, 3.8) is 0 Å². The van der Waals surface area contributed by atoms with E-state index in [1.165, 1.54) is 6.20 Å². The first-order valence-corrected chi connectivity index (χ1v) is 13.8. The first-order chi connectivity index (χ1) is 19.8. The molecular formula is C30H30Cl2N6O3. The zero-order chi connectivity index (χ0) is 29.4. The Kier molecular flexibility index (Phi) is 10.2. The molecule has 4 aromatic rings. The van der Waals surface area contributed by atoms with E-state index in [1.807, 2.05) is 25.9 Å². The summed E-state index contributed by atoms with van der Waals surface area (Å²) >= 11 is 12.7. The van der Waals surface area contributed by atoms with E-state index in [9.17, 15) is 10.1 Å². The third-order valence-electron chi connectivity index (χ3n) is 6.07. The number of amides is 1. The van der Waals surface area contributed by atoms with Gasteiger partial charge in [0.05, 0.1) is 44.8 Å². The molecule has 11 heteroatoms. The van der Waals surface area contributed by atoms with Crippen molar-refractivity contribution in [2.24, 2.45) is 0 Å². The third-order valence-corrected chi connectivity index (χ3v) is 6.71. The van der Waals surface area contributed by atoms with Gasteiger partial charge in [0.25, 0.3) is 0 Å². The number of nitrogens with one attached hydrogen (secondary N) is 2. The smallest absolute Gasteiger partial charge is 0.224 e. The lowest BCUT2D eigenvalue weighted by molar-refractivity contribution is -0.116. The quantitative estimate of drug-likeness (QED) is 0.184. The van der Waals surface area contributed by atoms with Crippen LogP contribution in [0.15, 0.2) is 54.9 Å². The van der Waals surface area contributed by atoms with Gasteiger partial charge in [-0.3, -0.25) is 14.8 Å². The molecule has 2 N–H and O–H groups in total. The number of halogens is 2. The Morgan fingerprint density at radius 2 is 1.90 bits per heavy atom. The summed E-state index contributed by atoms with van der Waals surface area (Å²) in [5.41, 5.74) is 3.18. The molecule has 2 heterocycles. The molecule has 0 radical (unpaired) electrons. The first kappa shape index (κ1) is 29.9. The van der Waals surface area contributed by atoms with E-state index in [-0.39, 0.29) is 12.5 Å². The van der Waals surface area contributed by atoms with Crippen LogP contribution in [0.3, 0.4) is 0 Å². The molecule has 0 fully saturated rings. The van der Waals surface area contributed by atoms with Gasteiger partial charge in [-0.15, -0.1) is 0 Å². The minimum atomic E-state index is -0.125. The summed E-state index contributed by atoms with van der Waals surface area (Å²) in [4.78, 5) is 23.4. The van der Waals surface area contributed by atoms with Crippen LogP contribution in [-0.4, -0.2) is 48.0 Å². The third kappa shape index (κ3) is 7.76. The summed E-state index contributed by atoms with van der Waals surface area (Å²) in [5.74, 6) is 0.835. The molecular weight excluding hydrogens is 563 g/mol. The number of rotatable bonds is 12. The average Bonchev–Trinajstić information content (AvgIpc) is 2.94. The summed E-state index contributed by atoms with van der Waals surface area (Å²) in [7, 11) is 3.93. The molecule has 212 valence electrons. The van der Waals surface area contributed by atoms with Crippen molar-refractivity contribution in [1.29, 1.82) is 5.26 Å². The SMILES string of the molecule is CCOc1cc2ncc(C#N)c(Nc3ccc(OCc4ncccc4Cl)c(Cl)c3)c2cc1NC(=O)CCCN(C)C. The number of anilines is 3. The van der Waals surface area contributed by atoms with Crippen LogP contribution in [0.1, 0.15) is 31.0 Å². The second kappa shape index (κ2) is 14.0. The molecule has 0 unspecified atom stereocenters. The van der Waals surface area contributed by atoms with E-state index in [0.29, 0.717) is 73.8 Å². The minimum absolute atomic E-state index is 0.125. The van der Waals surface area contributed by atoms with E-state index in [0.717, 1.165) is 13.0 Å². The van der Waals surface area contributed by atoms with Gasteiger partial charge >= 0.3 is 0 Å². The van der Waals surface area contributed by atoms with E-state index < -0.39 is 0 Å². The fraction of sp³-hybridized carbons (Fsp3) is 0.267. The monoisotopic (exact) mass is 592 g/mol. The van der Waals surface area contributed by atoms with Crippen molar-refractivity contribution in [1.82, 2.24) is 14.9 Å². The highest BCUT2D eigenvalue weighted by Gasteiger charge is 2.16. The summed E-state index contributed by atoms with van der Waals surface area (Å²) in [6.07, 6.45) is 4.22. The molecule has 4 rings (SSSR count). The van der Waals surface area contributed by atoms with Crippen molar-refractivity contribution in [3.8, 4) is 17.6 Å². The highest BCUT2D eigenvalue weighted by Crippen LogP contribution is 2.37. The molecule has 0 spiro atoms. The largest absolute Gasteiger partial charge is 0.492 e. The van der Waals surface area contributed by atoms with Crippen LogP contribution in [0.2, 0.25) is 10.0 Å². The van der Waals surface area contributed by atoms with Gasteiger partial charge < -0.3 is 25.0 Å². The highest BCUT2D eigenvalue weighted by molar-refractivity contribution is 6.32. The predicted molar refractivity (Wildman–Crippen MR) is 162 cm³/mol. The second-order valence-corrected chi connectivity index (χ2v) is 10.2. The lowest BCUT2D eigenvalue weighted by Crippen LogP contribution is -2.17. The number of hydrogen-bond donors (Lipinski definition) is 2. The number of benzene rings is 2. The summed E-state index contributed by atoms with van der Waals surface area (Å²) in [6, 6.07) is 14.4. The predicted octanol–water partition coefficient (Wildman–Crippen LogP) is 6.81. The number of nitrogens with zero attached hydrogens (tertiary/aromatic N) is 4. The van der Waals surface area contributed by atoms with Gasteiger partial charge in [0.15, 0.2) is 0 Å². The number of aromatic nitrogens is 2. The number of ether oxygens (including phenoxy) is 2. The summed E-state index contributed by atoms with van der Waals surface area (Å²) < 4.78 is 11.6. The fourth-order valence-electron chi connectivity index (χ4n) is 4.09. The van der Waals surface area contributed by atoms with E-state index in [1.54, 1.807) is 48.7 Å². The van der Waals surface area contributed by atoms with Gasteiger partial charge in [0.2, 0.25) is 5.91 Å². The van der Waals surface area contributed by atoms with Crippen LogP contribution in [0.25, 0.3) is 10.9 Å². The molecule has 0 aliphatic carbocycles. The fourth-order valence-corrected chi connectivity index (χ4v) is 4.50. The highest BCUT2D eigenvalue weighted by atomic mass is 35.5. The Bertz CT molecular complexity index is 1590. The van der Waals surface area contributed by atoms with Crippen LogP contribution in [0, 0.1) is 11.3 Å². The van der Waals surface area contributed by atoms with Crippen molar-refractivity contribution >= 4 is 57.1 Å². The molecule has 41 heavy (non-hydrogen) atoms. The molecule has 9 nitrogen and oxygen atoms in total. The maximum absolute atomic E-state index is 12.7. The Labute approximate surface area is 249 Å². The Balaban J connectivity index is 1.62. The maximum Gasteiger partial charge on any atom is 0.224 e. The van der Waals surface area contributed by atoms with Crippen molar-refractivity contribution in [2.75, 3.05) is 37.9 Å². The normalized spacial score (nSPS) is 10.9. The second-order valence-electron chi connectivity index (χ2n) is 9.40. The van der Waals surface area contributed by atoms with Gasteiger partial charge in [-0.2, -0.15) is 5.26 Å². The van der Waals surface area contributed by atoms with Crippen molar-refractivity contribution in [3.05, 3.63) is 76.2 Å². The summed E-state index contributed by atoms with van der Waals surface area (Å²) in [6.45, 7) is 3.24.